The number of hydrogen-bond donors (Lipinski definition) is 0. The molecule has 0 saturated heterocycles. The molecule has 2 aliphatic rings. The standard InChI is InChI=1S/C34H50/c1-3-7-27-11-13-29(14-12-27)9-5-6-10-30-17-21-32(22-18-30)34-25-23-33(24-26-34)31-19-15-28(8-4-2)16-20-31/h17-18,21-29,31H,3-16,19-20H2,1-2H3/t27-,28-,29-,31-. The van der Waals surface area contributed by atoms with Gasteiger partial charge in [-0.2, -0.15) is 0 Å². The van der Waals surface area contributed by atoms with E-state index < -0.39 is 0 Å². The van der Waals surface area contributed by atoms with Crippen LogP contribution < -0.4 is 0 Å². The summed E-state index contributed by atoms with van der Waals surface area (Å²) in [6.45, 7) is 4.67. The molecule has 0 N–H and O–H groups in total. The van der Waals surface area contributed by atoms with Crippen LogP contribution in [0.5, 0.6) is 0 Å². The molecule has 2 aromatic rings. The highest BCUT2D eigenvalue weighted by molar-refractivity contribution is 5.64. The molecule has 0 nitrogen and oxygen atoms in total. The molecule has 2 saturated carbocycles. The first-order chi connectivity index (χ1) is 16.7. The molecule has 0 aliphatic heterocycles. The second-order valence-electron chi connectivity index (χ2n) is 11.7. The molecule has 0 heteroatoms. The molecule has 0 bridgehead atoms. The van der Waals surface area contributed by atoms with Crippen molar-refractivity contribution in [3.63, 3.8) is 0 Å². The van der Waals surface area contributed by atoms with Crippen LogP contribution in [0.2, 0.25) is 0 Å². The number of hydrogen-bond acceptors (Lipinski definition) is 0. The van der Waals surface area contributed by atoms with Crippen LogP contribution in [0.4, 0.5) is 0 Å². The fourth-order valence-electron chi connectivity index (χ4n) is 6.98. The van der Waals surface area contributed by atoms with Crippen molar-refractivity contribution in [1.82, 2.24) is 0 Å². The summed E-state index contributed by atoms with van der Waals surface area (Å²) < 4.78 is 0. The Balaban J connectivity index is 1.18. The van der Waals surface area contributed by atoms with Crippen LogP contribution in [0.15, 0.2) is 48.5 Å². The maximum atomic E-state index is 2.41. The zero-order chi connectivity index (χ0) is 23.6. The maximum Gasteiger partial charge on any atom is -0.0162 e. The van der Waals surface area contributed by atoms with E-state index in [1.807, 2.05) is 0 Å². The molecule has 34 heavy (non-hydrogen) atoms. The quantitative estimate of drug-likeness (QED) is 0.294. The first kappa shape index (κ1) is 25.5. The van der Waals surface area contributed by atoms with Crippen molar-refractivity contribution in [2.24, 2.45) is 17.8 Å². The van der Waals surface area contributed by atoms with Crippen molar-refractivity contribution >= 4 is 0 Å². The number of unbranched alkanes of at least 4 members (excludes halogenated alkanes) is 1. The van der Waals surface area contributed by atoms with E-state index in [2.05, 4.69) is 62.4 Å². The lowest BCUT2D eigenvalue weighted by Crippen LogP contribution is -2.14. The predicted octanol–water partition coefficient (Wildman–Crippen LogP) is 10.7. The number of rotatable bonds is 11. The van der Waals surface area contributed by atoms with Crippen LogP contribution in [-0.2, 0) is 6.42 Å². The molecular formula is C34H50. The van der Waals surface area contributed by atoms with Gasteiger partial charge in [-0.1, -0.05) is 127 Å². The van der Waals surface area contributed by atoms with Crippen molar-refractivity contribution in [3.8, 4) is 11.1 Å². The van der Waals surface area contributed by atoms with E-state index in [1.54, 1.807) is 5.56 Å². The zero-order valence-corrected chi connectivity index (χ0v) is 22.2. The maximum absolute atomic E-state index is 2.41. The summed E-state index contributed by atoms with van der Waals surface area (Å²) in [6.07, 6.45) is 22.7. The van der Waals surface area contributed by atoms with Crippen LogP contribution in [0.3, 0.4) is 0 Å². The van der Waals surface area contributed by atoms with Crippen molar-refractivity contribution < 1.29 is 0 Å². The zero-order valence-electron chi connectivity index (χ0n) is 22.2. The Hall–Kier alpha value is -1.56. The molecule has 0 spiro atoms. The summed E-state index contributed by atoms with van der Waals surface area (Å²) in [5.41, 5.74) is 5.81. The molecule has 0 amide bonds. The normalized spacial score (nSPS) is 25.4. The lowest BCUT2D eigenvalue weighted by atomic mass is 9.77. The van der Waals surface area contributed by atoms with E-state index in [4.69, 9.17) is 0 Å². The minimum absolute atomic E-state index is 0.788. The Labute approximate surface area is 211 Å². The van der Waals surface area contributed by atoms with Crippen LogP contribution >= 0.6 is 0 Å². The summed E-state index contributed by atoms with van der Waals surface area (Å²) in [5.74, 6) is 3.84. The largest absolute Gasteiger partial charge is 0.0654 e. The molecular weight excluding hydrogens is 408 g/mol. The van der Waals surface area contributed by atoms with Crippen LogP contribution in [0.1, 0.15) is 127 Å². The van der Waals surface area contributed by atoms with Crippen LogP contribution in [-0.4, -0.2) is 0 Å². The van der Waals surface area contributed by atoms with Gasteiger partial charge in [-0.3, -0.25) is 0 Å². The third kappa shape index (κ3) is 7.47. The molecule has 0 aromatic heterocycles. The third-order valence-electron chi connectivity index (χ3n) is 9.20. The van der Waals surface area contributed by atoms with E-state index in [0.29, 0.717) is 0 Å². The topological polar surface area (TPSA) is 0 Å². The molecule has 0 unspecified atom stereocenters. The van der Waals surface area contributed by atoms with Gasteiger partial charge in [-0.15, -0.1) is 0 Å². The van der Waals surface area contributed by atoms with Gasteiger partial charge < -0.3 is 0 Å². The second-order valence-corrected chi connectivity index (χ2v) is 11.7. The molecule has 2 aliphatic carbocycles. The lowest BCUT2D eigenvalue weighted by Gasteiger charge is -2.28. The van der Waals surface area contributed by atoms with E-state index in [1.165, 1.54) is 119 Å². The van der Waals surface area contributed by atoms with E-state index in [-0.39, 0.29) is 0 Å². The minimum Gasteiger partial charge on any atom is -0.0654 e. The van der Waals surface area contributed by atoms with Gasteiger partial charge in [-0.25, -0.2) is 0 Å². The fraction of sp³-hybridized carbons (Fsp3) is 0.647. The SMILES string of the molecule is CCC[C@H]1CC[C@H](CCCCc2ccc(-c3ccc([C@H]4CC[C@H](CCC)CC4)cc3)cc2)CC1. The van der Waals surface area contributed by atoms with Gasteiger partial charge in [-0.05, 0) is 84.5 Å². The summed E-state index contributed by atoms with van der Waals surface area (Å²) in [4.78, 5) is 0. The predicted molar refractivity (Wildman–Crippen MR) is 149 cm³/mol. The average molecular weight is 459 g/mol. The van der Waals surface area contributed by atoms with Crippen LogP contribution in [0.25, 0.3) is 11.1 Å². The number of aryl methyl sites for hydroxylation is 1. The summed E-state index contributed by atoms with van der Waals surface area (Å²) in [7, 11) is 0. The van der Waals surface area contributed by atoms with Gasteiger partial charge in [0.25, 0.3) is 0 Å². The van der Waals surface area contributed by atoms with Crippen LogP contribution in [0, 0.1) is 17.8 Å². The Morgan fingerprint density at radius 3 is 1.53 bits per heavy atom. The van der Waals surface area contributed by atoms with Gasteiger partial charge in [0.1, 0.15) is 0 Å². The van der Waals surface area contributed by atoms with Gasteiger partial charge >= 0.3 is 0 Å². The molecule has 0 atom stereocenters. The molecule has 0 radical (unpaired) electrons. The van der Waals surface area contributed by atoms with E-state index in [0.717, 1.165) is 23.7 Å². The Morgan fingerprint density at radius 1 is 0.529 bits per heavy atom. The molecule has 0 heterocycles. The molecule has 2 fully saturated rings. The van der Waals surface area contributed by atoms with Gasteiger partial charge in [0.15, 0.2) is 0 Å². The summed E-state index contributed by atoms with van der Waals surface area (Å²) in [6, 6.07) is 19.0. The summed E-state index contributed by atoms with van der Waals surface area (Å²) >= 11 is 0. The second kappa shape index (κ2) is 13.5. The van der Waals surface area contributed by atoms with Crippen molar-refractivity contribution in [2.45, 2.75) is 122 Å². The van der Waals surface area contributed by atoms with Gasteiger partial charge in [0.2, 0.25) is 0 Å². The first-order valence-corrected chi connectivity index (χ1v) is 14.9. The Bertz CT molecular complexity index is 798. The fourth-order valence-corrected chi connectivity index (χ4v) is 6.98. The van der Waals surface area contributed by atoms with Crippen molar-refractivity contribution in [1.29, 1.82) is 0 Å². The Morgan fingerprint density at radius 2 is 1.00 bits per heavy atom. The molecule has 4 rings (SSSR count). The van der Waals surface area contributed by atoms with Gasteiger partial charge in [0.05, 0.1) is 0 Å². The Kier molecular flexibility index (Phi) is 10.1. The highest BCUT2D eigenvalue weighted by Crippen LogP contribution is 2.38. The van der Waals surface area contributed by atoms with Crippen molar-refractivity contribution in [2.75, 3.05) is 0 Å². The smallest absolute Gasteiger partial charge is 0.0162 e. The lowest BCUT2D eigenvalue weighted by molar-refractivity contribution is 0.248. The molecule has 186 valence electrons. The molecule has 2 aromatic carbocycles. The van der Waals surface area contributed by atoms with E-state index >= 15 is 0 Å². The monoisotopic (exact) mass is 458 g/mol. The number of benzene rings is 2. The average Bonchev–Trinajstić information content (AvgIpc) is 2.89. The highest BCUT2D eigenvalue weighted by atomic mass is 14.3. The highest BCUT2D eigenvalue weighted by Gasteiger charge is 2.22. The first-order valence-electron chi connectivity index (χ1n) is 14.9. The summed E-state index contributed by atoms with van der Waals surface area (Å²) in [5, 5.41) is 0. The van der Waals surface area contributed by atoms with E-state index in [9.17, 15) is 0 Å². The van der Waals surface area contributed by atoms with Crippen molar-refractivity contribution in [3.05, 3.63) is 59.7 Å². The minimum atomic E-state index is 0.788. The van der Waals surface area contributed by atoms with Gasteiger partial charge in [0, 0.05) is 0 Å². The third-order valence-corrected chi connectivity index (χ3v) is 9.20.